The Morgan fingerprint density at radius 3 is 2.42 bits per heavy atom. The second kappa shape index (κ2) is 12.5. The minimum absolute atomic E-state index is 0.0281. The Morgan fingerprint density at radius 1 is 0.974 bits per heavy atom. The van der Waals surface area contributed by atoms with Crippen molar-refractivity contribution < 1.29 is 18.7 Å². The summed E-state index contributed by atoms with van der Waals surface area (Å²) in [6.07, 6.45) is 11.3. The number of fused-ring (bicyclic) bond motifs is 1. The molecule has 1 unspecified atom stereocenters. The lowest BCUT2D eigenvalue weighted by Gasteiger charge is -2.33. The summed E-state index contributed by atoms with van der Waals surface area (Å²) in [5.74, 6) is 0.159. The molecule has 2 aliphatic rings. The van der Waals surface area contributed by atoms with Gasteiger partial charge in [-0.05, 0) is 49.3 Å². The van der Waals surface area contributed by atoms with Gasteiger partial charge in [0.2, 0.25) is 5.91 Å². The molecular weight excluding hydrogens is 481 g/mol. The zero-order chi connectivity index (χ0) is 26.3. The molecule has 0 radical (unpaired) electrons. The van der Waals surface area contributed by atoms with E-state index in [1.165, 1.54) is 25.0 Å². The van der Waals surface area contributed by atoms with Gasteiger partial charge in [0.1, 0.15) is 24.3 Å². The SMILES string of the molecule is O=C(CCc1nc2cc(F)ccc2n1C(C(=O)NC1CCCCC1)C1CCCCC1)OCc1ccccc1. The van der Waals surface area contributed by atoms with Gasteiger partial charge in [0, 0.05) is 18.5 Å². The number of halogens is 1. The summed E-state index contributed by atoms with van der Waals surface area (Å²) in [7, 11) is 0. The van der Waals surface area contributed by atoms with Gasteiger partial charge in [-0.15, -0.1) is 0 Å². The van der Waals surface area contributed by atoms with E-state index in [1.54, 1.807) is 6.07 Å². The number of hydrogen-bond acceptors (Lipinski definition) is 4. The number of carbonyl (C=O) groups is 2. The number of esters is 1. The molecule has 3 aromatic rings. The largest absolute Gasteiger partial charge is 0.461 e. The molecule has 6 nitrogen and oxygen atoms in total. The maximum Gasteiger partial charge on any atom is 0.306 e. The fourth-order valence-corrected chi connectivity index (χ4v) is 6.16. The molecular formula is C31H38FN3O3. The molecule has 1 heterocycles. The minimum atomic E-state index is -0.428. The number of aromatic nitrogens is 2. The number of imidazole rings is 1. The molecule has 2 aliphatic carbocycles. The van der Waals surface area contributed by atoms with Gasteiger partial charge in [0.05, 0.1) is 17.5 Å². The van der Waals surface area contributed by atoms with E-state index in [0.717, 1.165) is 62.4 Å². The van der Waals surface area contributed by atoms with Crippen molar-refractivity contribution in [1.29, 1.82) is 0 Å². The molecule has 1 aromatic heterocycles. The second-order valence-corrected chi connectivity index (χ2v) is 10.9. The van der Waals surface area contributed by atoms with Gasteiger partial charge in [-0.25, -0.2) is 9.37 Å². The van der Waals surface area contributed by atoms with Crippen LogP contribution in [0, 0.1) is 11.7 Å². The molecule has 0 bridgehead atoms. The molecule has 2 saturated carbocycles. The van der Waals surface area contributed by atoms with Crippen LogP contribution in [0.5, 0.6) is 0 Å². The van der Waals surface area contributed by atoms with Crippen LogP contribution in [0.3, 0.4) is 0 Å². The number of ether oxygens (including phenoxy) is 1. The van der Waals surface area contributed by atoms with Gasteiger partial charge >= 0.3 is 5.97 Å². The van der Waals surface area contributed by atoms with Crippen molar-refractivity contribution in [2.24, 2.45) is 5.92 Å². The third-order valence-corrected chi connectivity index (χ3v) is 8.11. The maximum absolute atomic E-state index is 14.2. The average molecular weight is 520 g/mol. The molecule has 2 aromatic carbocycles. The molecule has 0 aliphatic heterocycles. The summed E-state index contributed by atoms with van der Waals surface area (Å²) < 4.78 is 21.7. The summed E-state index contributed by atoms with van der Waals surface area (Å²) in [4.78, 5) is 31.3. The van der Waals surface area contributed by atoms with Crippen LogP contribution < -0.4 is 5.32 Å². The topological polar surface area (TPSA) is 73.2 Å². The zero-order valence-corrected chi connectivity index (χ0v) is 22.0. The number of hydrogen-bond donors (Lipinski definition) is 1. The lowest BCUT2D eigenvalue weighted by Crippen LogP contribution is -2.43. The van der Waals surface area contributed by atoms with Crippen LogP contribution in [0.25, 0.3) is 11.0 Å². The Morgan fingerprint density at radius 2 is 1.68 bits per heavy atom. The van der Waals surface area contributed by atoms with Crippen LogP contribution in [-0.4, -0.2) is 27.5 Å². The predicted molar refractivity (Wildman–Crippen MR) is 145 cm³/mol. The molecule has 2 fully saturated rings. The summed E-state index contributed by atoms with van der Waals surface area (Å²) in [5.41, 5.74) is 2.19. The number of carbonyl (C=O) groups excluding carboxylic acids is 2. The average Bonchev–Trinajstić information content (AvgIpc) is 3.29. The van der Waals surface area contributed by atoms with Crippen LogP contribution >= 0.6 is 0 Å². The molecule has 202 valence electrons. The van der Waals surface area contributed by atoms with E-state index in [1.807, 2.05) is 34.9 Å². The maximum atomic E-state index is 14.2. The number of amides is 1. The predicted octanol–water partition coefficient (Wildman–Crippen LogP) is 6.42. The Labute approximate surface area is 224 Å². The third kappa shape index (κ3) is 6.43. The fourth-order valence-electron chi connectivity index (χ4n) is 6.16. The van der Waals surface area contributed by atoms with E-state index < -0.39 is 6.04 Å². The molecule has 38 heavy (non-hydrogen) atoms. The van der Waals surface area contributed by atoms with E-state index in [2.05, 4.69) is 5.32 Å². The van der Waals surface area contributed by atoms with E-state index in [9.17, 15) is 14.0 Å². The Balaban J connectivity index is 1.41. The van der Waals surface area contributed by atoms with E-state index in [4.69, 9.17) is 9.72 Å². The van der Waals surface area contributed by atoms with E-state index in [0.29, 0.717) is 17.8 Å². The van der Waals surface area contributed by atoms with Crippen molar-refractivity contribution >= 4 is 22.9 Å². The minimum Gasteiger partial charge on any atom is -0.461 e. The summed E-state index contributed by atoms with van der Waals surface area (Å²) in [6.45, 7) is 0.218. The number of nitrogens with zero attached hydrogens (tertiary/aromatic N) is 2. The van der Waals surface area contributed by atoms with Crippen LogP contribution in [0.1, 0.15) is 88.1 Å². The number of nitrogens with one attached hydrogen (secondary N) is 1. The van der Waals surface area contributed by atoms with Gasteiger partial charge in [-0.3, -0.25) is 9.59 Å². The Kier molecular flexibility index (Phi) is 8.72. The first-order chi connectivity index (χ1) is 18.6. The lowest BCUT2D eigenvalue weighted by molar-refractivity contribution is -0.144. The third-order valence-electron chi connectivity index (χ3n) is 8.11. The highest BCUT2D eigenvalue weighted by Gasteiger charge is 2.35. The lowest BCUT2D eigenvalue weighted by atomic mass is 9.82. The van der Waals surface area contributed by atoms with Gasteiger partial charge in [0.25, 0.3) is 0 Å². The normalized spacial score (nSPS) is 17.8. The Hall–Kier alpha value is -3.22. The van der Waals surface area contributed by atoms with Crippen molar-refractivity contribution in [3.05, 3.63) is 65.7 Å². The monoisotopic (exact) mass is 519 g/mol. The molecule has 1 N–H and O–H groups in total. The molecule has 1 amide bonds. The van der Waals surface area contributed by atoms with Gasteiger partial charge < -0.3 is 14.6 Å². The van der Waals surface area contributed by atoms with Crippen molar-refractivity contribution in [3.63, 3.8) is 0 Å². The van der Waals surface area contributed by atoms with Crippen LogP contribution in [0.15, 0.2) is 48.5 Å². The summed E-state index contributed by atoms with van der Waals surface area (Å²) >= 11 is 0. The molecule has 0 saturated heterocycles. The smallest absolute Gasteiger partial charge is 0.306 e. The highest BCUT2D eigenvalue weighted by molar-refractivity contribution is 5.85. The van der Waals surface area contributed by atoms with Crippen molar-refractivity contribution in [3.8, 4) is 0 Å². The van der Waals surface area contributed by atoms with Crippen molar-refractivity contribution in [1.82, 2.24) is 14.9 Å². The quantitative estimate of drug-likeness (QED) is 0.331. The first-order valence-corrected chi connectivity index (χ1v) is 14.2. The number of rotatable bonds is 9. The van der Waals surface area contributed by atoms with Crippen LogP contribution in [0.4, 0.5) is 4.39 Å². The summed E-state index contributed by atoms with van der Waals surface area (Å²) in [6, 6.07) is 13.9. The van der Waals surface area contributed by atoms with Crippen LogP contribution in [-0.2, 0) is 27.4 Å². The Bertz CT molecular complexity index is 1230. The zero-order valence-electron chi connectivity index (χ0n) is 22.0. The molecule has 7 heteroatoms. The molecule has 1 atom stereocenters. The first-order valence-electron chi connectivity index (χ1n) is 14.2. The van der Waals surface area contributed by atoms with E-state index >= 15 is 0 Å². The number of benzene rings is 2. The van der Waals surface area contributed by atoms with Gasteiger partial charge in [-0.1, -0.05) is 68.9 Å². The molecule has 0 spiro atoms. The standard InChI is InChI=1S/C31H38FN3O3/c32-24-16-17-27-26(20-24)34-28(18-19-29(36)38-21-22-10-4-1-5-11-22)35(27)30(23-12-6-2-7-13-23)31(37)33-25-14-8-3-9-15-25/h1,4-5,10-11,16-17,20,23,25,30H,2-3,6-9,12-15,18-19,21H2,(H,33,37). The van der Waals surface area contributed by atoms with Gasteiger partial charge in [-0.2, -0.15) is 0 Å². The fraction of sp³-hybridized carbons (Fsp3) is 0.516. The number of aryl methyl sites for hydroxylation is 1. The van der Waals surface area contributed by atoms with Crippen molar-refractivity contribution in [2.45, 2.75) is 95.7 Å². The highest BCUT2D eigenvalue weighted by Crippen LogP contribution is 2.37. The van der Waals surface area contributed by atoms with Crippen molar-refractivity contribution in [2.75, 3.05) is 0 Å². The van der Waals surface area contributed by atoms with Crippen LogP contribution in [0.2, 0.25) is 0 Å². The second-order valence-electron chi connectivity index (χ2n) is 10.9. The van der Waals surface area contributed by atoms with E-state index in [-0.39, 0.29) is 42.7 Å². The molecule has 5 rings (SSSR count). The van der Waals surface area contributed by atoms with Gasteiger partial charge in [0.15, 0.2) is 0 Å². The first kappa shape index (κ1) is 26.4. The highest BCUT2D eigenvalue weighted by atomic mass is 19.1. The summed E-state index contributed by atoms with van der Waals surface area (Å²) in [5, 5.41) is 3.36.